The van der Waals surface area contributed by atoms with Crippen LogP contribution in [-0.4, -0.2) is 10.2 Å². The summed E-state index contributed by atoms with van der Waals surface area (Å²) in [4.78, 5) is 0. The van der Waals surface area contributed by atoms with E-state index in [0.29, 0.717) is 17.5 Å². The molecule has 0 aliphatic rings. The fraction of sp³-hybridized carbons (Fsp3) is 0. The Hall–Kier alpha value is -2.88. The molecule has 4 nitrogen and oxygen atoms in total. The van der Waals surface area contributed by atoms with E-state index >= 15 is 0 Å². The summed E-state index contributed by atoms with van der Waals surface area (Å²) in [6.07, 6.45) is 1.69. The lowest BCUT2D eigenvalue weighted by Crippen LogP contribution is -1.75. The summed E-state index contributed by atoms with van der Waals surface area (Å²) in [6.45, 7) is 0. The second-order valence-corrected chi connectivity index (χ2v) is 4.43. The summed E-state index contributed by atoms with van der Waals surface area (Å²) in [5.74, 6) is 1.49. The molecule has 4 rings (SSSR count). The van der Waals surface area contributed by atoms with Crippen LogP contribution in [0.2, 0.25) is 0 Å². The van der Waals surface area contributed by atoms with Crippen LogP contribution in [0.1, 0.15) is 0 Å². The number of aromatic nitrogens is 2. The van der Waals surface area contributed by atoms with Crippen LogP contribution in [0.3, 0.4) is 0 Å². The molecule has 0 saturated heterocycles. The van der Waals surface area contributed by atoms with Crippen molar-refractivity contribution in [2.75, 3.05) is 0 Å². The predicted molar refractivity (Wildman–Crippen MR) is 74.9 cm³/mol. The molecule has 0 bridgehead atoms. The number of benzene rings is 2. The van der Waals surface area contributed by atoms with Gasteiger partial charge in [-0.15, -0.1) is 10.2 Å². The Morgan fingerprint density at radius 2 is 1.50 bits per heavy atom. The van der Waals surface area contributed by atoms with Gasteiger partial charge in [0.15, 0.2) is 5.76 Å². The van der Waals surface area contributed by atoms with Crippen molar-refractivity contribution in [3.63, 3.8) is 0 Å². The van der Waals surface area contributed by atoms with Crippen molar-refractivity contribution in [1.29, 1.82) is 0 Å². The van der Waals surface area contributed by atoms with E-state index in [1.165, 1.54) is 0 Å². The Bertz CT molecular complexity index is 862. The molecule has 0 radical (unpaired) electrons. The maximum absolute atomic E-state index is 5.71. The summed E-state index contributed by atoms with van der Waals surface area (Å²) in [6, 6.07) is 17.5. The van der Waals surface area contributed by atoms with E-state index in [1.807, 2.05) is 54.6 Å². The third kappa shape index (κ3) is 1.70. The highest BCUT2D eigenvalue weighted by molar-refractivity contribution is 5.92. The van der Waals surface area contributed by atoms with Crippen LogP contribution < -0.4 is 0 Å². The molecule has 4 aromatic rings. The van der Waals surface area contributed by atoms with Gasteiger partial charge in [0.25, 0.3) is 5.89 Å². The van der Waals surface area contributed by atoms with Crippen molar-refractivity contribution in [3.05, 3.63) is 60.9 Å². The number of hydrogen-bond donors (Lipinski definition) is 0. The summed E-state index contributed by atoms with van der Waals surface area (Å²) in [5, 5.41) is 10.1. The van der Waals surface area contributed by atoms with E-state index in [2.05, 4.69) is 10.2 Å². The Balaban J connectivity index is 1.82. The molecule has 0 spiro atoms. The van der Waals surface area contributed by atoms with E-state index in [1.54, 1.807) is 6.26 Å². The average Bonchev–Trinajstić information content (AvgIpc) is 3.14. The topological polar surface area (TPSA) is 52.1 Å². The summed E-state index contributed by atoms with van der Waals surface area (Å²) >= 11 is 0. The number of rotatable bonds is 2. The largest absolute Gasteiger partial charge is 0.458 e. The number of nitrogens with zero attached hydrogens (tertiary/aromatic N) is 2. The number of furan rings is 1. The SMILES string of the molecule is c1ccc(-c2nnc(-c3occ4ccccc34)o2)cc1. The molecule has 0 N–H and O–H groups in total. The lowest BCUT2D eigenvalue weighted by molar-refractivity contribution is 0.526. The van der Waals surface area contributed by atoms with Crippen molar-refractivity contribution in [1.82, 2.24) is 10.2 Å². The zero-order chi connectivity index (χ0) is 13.4. The van der Waals surface area contributed by atoms with Gasteiger partial charge in [-0.3, -0.25) is 0 Å². The second-order valence-electron chi connectivity index (χ2n) is 4.43. The molecule has 0 atom stereocenters. The minimum atomic E-state index is 0.394. The first-order valence-electron chi connectivity index (χ1n) is 6.27. The molecule has 0 amide bonds. The van der Waals surface area contributed by atoms with Crippen LogP contribution in [0.4, 0.5) is 0 Å². The van der Waals surface area contributed by atoms with Gasteiger partial charge in [-0.2, -0.15) is 0 Å². The molecule has 0 unspecified atom stereocenters. The highest BCUT2D eigenvalue weighted by atomic mass is 16.4. The molecule has 0 aliphatic carbocycles. The summed E-state index contributed by atoms with van der Waals surface area (Å²) < 4.78 is 11.3. The maximum atomic E-state index is 5.71. The van der Waals surface area contributed by atoms with Gasteiger partial charge in [-0.05, 0) is 12.1 Å². The number of hydrogen-bond acceptors (Lipinski definition) is 4. The maximum Gasteiger partial charge on any atom is 0.284 e. The quantitative estimate of drug-likeness (QED) is 0.544. The van der Waals surface area contributed by atoms with Gasteiger partial charge < -0.3 is 8.83 Å². The van der Waals surface area contributed by atoms with Gasteiger partial charge in [0.05, 0.1) is 6.26 Å². The number of fused-ring (bicyclic) bond motifs is 1. The molecular formula is C16H10N2O2. The fourth-order valence-corrected chi connectivity index (χ4v) is 2.17. The Morgan fingerprint density at radius 1 is 0.750 bits per heavy atom. The van der Waals surface area contributed by atoms with E-state index in [-0.39, 0.29) is 0 Å². The van der Waals surface area contributed by atoms with Crippen LogP contribution in [0, 0.1) is 0 Å². The third-order valence-electron chi connectivity index (χ3n) is 3.15. The van der Waals surface area contributed by atoms with Gasteiger partial charge in [0.2, 0.25) is 5.89 Å². The Labute approximate surface area is 114 Å². The Kier molecular flexibility index (Phi) is 2.39. The lowest BCUT2D eigenvalue weighted by Gasteiger charge is -1.92. The summed E-state index contributed by atoms with van der Waals surface area (Å²) in [5.41, 5.74) is 0.891. The van der Waals surface area contributed by atoms with Crippen LogP contribution in [0.5, 0.6) is 0 Å². The van der Waals surface area contributed by atoms with Crippen molar-refractivity contribution in [2.24, 2.45) is 0 Å². The van der Waals surface area contributed by atoms with Crippen LogP contribution in [-0.2, 0) is 0 Å². The smallest absolute Gasteiger partial charge is 0.284 e. The minimum Gasteiger partial charge on any atom is -0.458 e. The first kappa shape index (κ1) is 11.0. The summed E-state index contributed by atoms with van der Waals surface area (Å²) in [7, 11) is 0. The van der Waals surface area contributed by atoms with Crippen molar-refractivity contribution >= 4 is 10.8 Å². The van der Waals surface area contributed by atoms with Crippen molar-refractivity contribution < 1.29 is 8.83 Å². The highest BCUT2D eigenvalue weighted by Gasteiger charge is 2.16. The average molecular weight is 262 g/mol. The van der Waals surface area contributed by atoms with E-state index in [9.17, 15) is 0 Å². The standard InChI is InChI=1S/C16H10N2O2/c1-2-6-11(7-3-1)15-17-18-16(20-15)14-13-9-5-4-8-12(13)10-19-14/h1-10H. The minimum absolute atomic E-state index is 0.394. The molecule has 2 heterocycles. The van der Waals surface area contributed by atoms with Gasteiger partial charge in [0.1, 0.15) is 0 Å². The molecule has 20 heavy (non-hydrogen) atoms. The molecule has 0 saturated carbocycles. The van der Waals surface area contributed by atoms with Crippen LogP contribution in [0.25, 0.3) is 33.9 Å². The first-order chi connectivity index (χ1) is 9.92. The fourth-order valence-electron chi connectivity index (χ4n) is 2.17. The molecule has 2 aromatic heterocycles. The zero-order valence-electron chi connectivity index (χ0n) is 10.5. The van der Waals surface area contributed by atoms with E-state index in [4.69, 9.17) is 8.83 Å². The first-order valence-corrected chi connectivity index (χ1v) is 6.27. The van der Waals surface area contributed by atoms with Gasteiger partial charge in [-0.1, -0.05) is 42.5 Å². The lowest BCUT2D eigenvalue weighted by atomic mass is 10.2. The highest BCUT2D eigenvalue weighted by Crippen LogP contribution is 2.31. The molecule has 0 aliphatic heterocycles. The zero-order valence-corrected chi connectivity index (χ0v) is 10.5. The molecule has 4 heteroatoms. The molecule has 0 fully saturated rings. The second kappa shape index (κ2) is 4.35. The molecule has 96 valence electrons. The van der Waals surface area contributed by atoms with Crippen molar-refractivity contribution in [2.45, 2.75) is 0 Å². The van der Waals surface area contributed by atoms with Gasteiger partial charge in [0, 0.05) is 16.3 Å². The van der Waals surface area contributed by atoms with E-state index in [0.717, 1.165) is 16.3 Å². The molecule has 2 aromatic carbocycles. The van der Waals surface area contributed by atoms with Crippen LogP contribution in [0.15, 0.2) is 69.7 Å². The predicted octanol–water partition coefficient (Wildman–Crippen LogP) is 4.15. The van der Waals surface area contributed by atoms with E-state index < -0.39 is 0 Å². The third-order valence-corrected chi connectivity index (χ3v) is 3.15. The monoisotopic (exact) mass is 262 g/mol. The van der Waals surface area contributed by atoms with Gasteiger partial charge in [-0.25, -0.2) is 0 Å². The normalized spacial score (nSPS) is 11.0. The Morgan fingerprint density at radius 3 is 2.40 bits per heavy atom. The van der Waals surface area contributed by atoms with Gasteiger partial charge >= 0.3 is 0 Å². The van der Waals surface area contributed by atoms with Crippen molar-refractivity contribution in [3.8, 4) is 23.1 Å². The van der Waals surface area contributed by atoms with Crippen LogP contribution >= 0.6 is 0 Å². The molecular weight excluding hydrogens is 252 g/mol.